The minimum absolute atomic E-state index is 0.0765. The van der Waals surface area contributed by atoms with Crippen molar-refractivity contribution in [3.63, 3.8) is 0 Å². The Morgan fingerprint density at radius 2 is 1.89 bits per heavy atom. The van der Waals surface area contributed by atoms with Gasteiger partial charge in [0.25, 0.3) is 5.91 Å². The third-order valence-corrected chi connectivity index (χ3v) is 3.74. The van der Waals surface area contributed by atoms with E-state index in [-0.39, 0.29) is 5.91 Å². The topological polar surface area (TPSA) is 55.1 Å². The quantitative estimate of drug-likeness (QED) is 0.853. The molecule has 0 unspecified atom stereocenters. The Hall–Kier alpha value is -1.81. The first kappa shape index (κ1) is 13.6. The van der Waals surface area contributed by atoms with Crippen LogP contribution in [0.5, 0.6) is 0 Å². The molecule has 2 rings (SSSR count). The maximum atomic E-state index is 12.0. The first-order chi connectivity index (χ1) is 9.06. The second kappa shape index (κ2) is 5.89. The predicted molar refractivity (Wildman–Crippen MR) is 80.9 cm³/mol. The molecule has 2 aromatic carbocycles. The van der Waals surface area contributed by atoms with Gasteiger partial charge in [-0.15, -0.1) is 0 Å². The number of hydrogen-bond donors (Lipinski definition) is 2. The molecule has 0 saturated carbocycles. The molecule has 1 amide bonds. The highest BCUT2D eigenvalue weighted by atomic mass is 79.9. The van der Waals surface area contributed by atoms with E-state index >= 15 is 0 Å². The summed E-state index contributed by atoms with van der Waals surface area (Å²) < 4.78 is 1.00. The largest absolute Gasteiger partial charge is 0.399 e. The summed E-state index contributed by atoms with van der Waals surface area (Å²) in [5.74, 6) is -0.0765. The Labute approximate surface area is 121 Å². The molecule has 2 aromatic rings. The molecule has 0 radical (unpaired) electrons. The van der Waals surface area contributed by atoms with Crippen LogP contribution in [0.2, 0.25) is 0 Å². The lowest BCUT2D eigenvalue weighted by atomic mass is 10.1. The third-order valence-electron chi connectivity index (χ3n) is 2.85. The van der Waals surface area contributed by atoms with Crippen molar-refractivity contribution in [2.45, 2.75) is 13.5 Å². The summed E-state index contributed by atoms with van der Waals surface area (Å²) in [5, 5.41) is 2.89. The molecular weight excluding hydrogens is 304 g/mol. The summed E-state index contributed by atoms with van der Waals surface area (Å²) in [5.41, 5.74) is 9.06. The molecule has 3 N–H and O–H groups in total. The van der Waals surface area contributed by atoms with Gasteiger partial charge in [0.15, 0.2) is 0 Å². The van der Waals surface area contributed by atoms with Crippen LogP contribution in [0.3, 0.4) is 0 Å². The van der Waals surface area contributed by atoms with Gasteiger partial charge in [0.1, 0.15) is 0 Å². The molecule has 0 heterocycles. The number of nitrogen functional groups attached to an aromatic ring is 1. The molecule has 0 aliphatic heterocycles. The van der Waals surface area contributed by atoms with Gasteiger partial charge in [-0.3, -0.25) is 4.79 Å². The summed E-state index contributed by atoms with van der Waals surface area (Å²) in [7, 11) is 0. The molecule has 4 heteroatoms. The lowest BCUT2D eigenvalue weighted by Gasteiger charge is -2.07. The SMILES string of the molecule is Cc1cc(C(=O)NCc2ccc(N)cc2)ccc1Br. The molecule has 0 spiro atoms. The van der Waals surface area contributed by atoms with Crippen LogP contribution < -0.4 is 11.1 Å². The molecule has 0 bridgehead atoms. The zero-order valence-corrected chi connectivity index (χ0v) is 12.2. The van der Waals surface area contributed by atoms with E-state index in [1.807, 2.05) is 43.3 Å². The standard InChI is InChI=1S/C15H15BrN2O/c1-10-8-12(4-7-14(10)16)15(19)18-9-11-2-5-13(17)6-3-11/h2-8H,9,17H2,1H3,(H,18,19). The molecule has 0 aromatic heterocycles. The minimum Gasteiger partial charge on any atom is -0.399 e. The number of carbonyl (C=O) groups is 1. The fourth-order valence-electron chi connectivity index (χ4n) is 1.71. The van der Waals surface area contributed by atoms with Gasteiger partial charge in [0.05, 0.1) is 0 Å². The number of nitrogens with two attached hydrogens (primary N) is 1. The molecule has 98 valence electrons. The first-order valence-corrected chi connectivity index (χ1v) is 6.74. The molecule has 0 aliphatic carbocycles. The first-order valence-electron chi connectivity index (χ1n) is 5.95. The highest BCUT2D eigenvalue weighted by Crippen LogP contribution is 2.17. The fourth-order valence-corrected chi connectivity index (χ4v) is 1.95. The number of amides is 1. The number of aryl methyl sites for hydroxylation is 1. The molecule has 0 aliphatic rings. The van der Waals surface area contributed by atoms with Gasteiger partial charge in [-0.25, -0.2) is 0 Å². The Balaban J connectivity index is 2.01. The minimum atomic E-state index is -0.0765. The summed E-state index contributed by atoms with van der Waals surface area (Å²) in [6.07, 6.45) is 0. The van der Waals surface area contributed by atoms with E-state index in [9.17, 15) is 4.79 Å². The van der Waals surface area contributed by atoms with E-state index in [2.05, 4.69) is 21.2 Å². The monoisotopic (exact) mass is 318 g/mol. The Morgan fingerprint density at radius 3 is 2.53 bits per heavy atom. The van der Waals surface area contributed by atoms with Gasteiger partial charge >= 0.3 is 0 Å². The smallest absolute Gasteiger partial charge is 0.251 e. The lowest BCUT2D eigenvalue weighted by Crippen LogP contribution is -2.22. The maximum absolute atomic E-state index is 12.0. The Morgan fingerprint density at radius 1 is 1.21 bits per heavy atom. The van der Waals surface area contributed by atoms with Crippen molar-refractivity contribution in [3.05, 3.63) is 63.6 Å². The van der Waals surface area contributed by atoms with Gasteiger partial charge in [0, 0.05) is 22.3 Å². The van der Waals surface area contributed by atoms with E-state index in [4.69, 9.17) is 5.73 Å². The van der Waals surface area contributed by atoms with E-state index in [0.29, 0.717) is 12.1 Å². The van der Waals surface area contributed by atoms with Gasteiger partial charge < -0.3 is 11.1 Å². The highest BCUT2D eigenvalue weighted by molar-refractivity contribution is 9.10. The molecule has 0 fully saturated rings. The van der Waals surface area contributed by atoms with Gasteiger partial charge in [0.2, 0.25) is 0 Å². The van der Waals surface area contributed by atoms with Crippen LogP contribution >= 0.6 is 15.9 Å². The highest BCUT2D eigenvalue weighted by Gasteiger charge is 2.06. The molecule has 3 nitrogen and oxygen atoms in total. The second-order valence-corrected chi connectivity index (χ2v) is 5.24. The Bertz CT molecular complexity index is 594. The van der Waals surface area contributed by atoms with Crippen molar-refractivity contribution in [2.24, 2.45) is 0 Å². The zero-order chi connectivity index (χ0) is 13.8. The van der Waals surface area contributed by atoms with Crippen LogP contribution in [0.4, 0.5) is 5.69 Å². The van der Waals surface area contributed by atoms with Crippen LogP contribution in [-0.2, 0) is 6.54 Å². The molecule has 0 saturated heterocycles. The van der Waals surface area contributed by atoms with E-state index in [1.54, 1.807) is 6.07 Å². The summed E-state index contributed by atoms with van der Waals surface area (Å²) in [6.45, 7) is 2.45. The fraction of sp³-hybridized carbons (Fsp3) is 0.133. The van der Waals surface area contributed by atoms with Crippen molar-refractivity contribution >= 4 is 27.5 Å². The van der Waals surface area contributed by atoms with E-state index in [1.165, 1.54) is 0 Å². The third kappa shape index (κ3) is 3.58. The Kier molecular flexibility index (Phi) is 4.22. The number of benzene rings is 2. The number of hydrogen-bond acceptors (Lipinski definition) is 2. The van der Waals surface area contributed by atoms with Crippen molar-refractivity contribution in [3.8, 4) is 0 Å². The number of nitrogens with one attached hydrogen (secondary N) is 1. The maximum Gasteiger partial charge on any atom is 0.251 e. The van der Waals surface area contributed by atoms with E-state index in [0.717, 1.165) is 21.3 Å². The van der Waals surface area contributed by atoms with Crippen molar-refractivity contribution < 1.29 is 4.79 Å². The molecule has 19 heavy (non-hydrogen) atoms. The normalized spacial score (nSPS) is 10.2. The molecular formula is C15H15BrN2O. The number of rotatable bonds is 3. The van der Waals surface area contributed by atoms with E-state index < -0.39 is 0 Å². The van der Waals surface area contributed by atoms with Gasteiger partial charge in [-0.05, 0) is 48.4 Å². The predicted octanol–water partition coefficient (Wildman–Crippen LogP) is 3.27. The lowest BCUT2D eigenvalue weighted by molar-refractivity contribution is 0.0951. The van der Waals surface area contributed by atoms with Crippen LogP contribution in [0.1, 0.15) is 21.5 Å². The van der Waals surface area contributed by atoms with Crippen molar-refractivity contribution in [2.75, 3.05) is 5.73 Å². The number of halogens is 1. The summed E-state index contributed by atoms with van der Waals surface area (Å²) >= 11 is 3.42. The molecule has 0 atom stereocenters. The van der Waals surface area contributed by atoms with Gasteiger partial charge in [-0.2, -0.15) is 0 Å². The zero-order valence-electron chi connectivity index (χ0n) is 10.6. The summed E-state index contributed by atoms with van der Waals surface area (Å²) in [4.78, 5) is 12.0. The van der Waals surface area contributed by atoms with Crippen LogP contribution in [0.25, 0.3) is 0 Å². The average Bonchev–Trinajstić information content (AvgIpc) is 2.41. The van der Waals surface area contributed by atoms with Crippen LogP contribution in [0.15, 0.2) is 46.9 Å². The average molecular weight is 319 g/mol. The van der Waals surface area contributed by atoms with Crippen LogP contribution in [-0.4, -0.2) is 5.91 Å². The second-order valence-electron chi connectivity index (χ2n) is 4.39. The number of anilines is 1. The van der Waals surface area contributed by atoms with Crippen LogP contribution in [0, 0.1) is 6.92 Å². The summed E-state index contributed by atoms with van der Waals surface area (Å²) in [6, 6.07) is 13.0. The number of carbonyl (C=O) groups excluding carboxylic acids is 1. The van der Waals surface area contributed by atoms with Gasteiger partial charge in [-0.1, -0.05) is 28.1 Å². The van der Waals surface area contributed by atoms with Crippen molar-refractivity contribution in [1.29, 1.82) is 0 Å². The van der Waals surface area contributed by atoms with Crippen molar-refractivity contribution in [1.82, 2.24) is 5.32 Å².